The number of ether oxygens (including phenoxy) is 2. The third-order valence-electron chi connectivity index (χ3n) is 3.40. The van der Waals surface area contributed by atoms with Gasteiger partial charge in [-0.25, -0.2) is 0 Å². The summed E-state index contributed by atoms with van der Waals surface area (Å²) in [6.45, 7) is 7.19. The Morgan fingerprint density at radius 3 is 2.91 bits per heavy atom. The van der Waals surface area contributed by atoms with Crippen LogP contribution in [0.1, 0.15) is 19.4 Å². The van der Waals surface area contributed by atoms with Crippen LogP contribution in [0.3, 0.4) is 0 Å². The Hall–Kier alpha value is -1.98. The lowest BCUT2D eigenvalue weighted by Crippen LogP contribution is -2.29. The third kappa shape index (κ3) is 4.02. The van der Waals surface area contributed by atoms with Crippen LogP contribution in [0.4, 0.5) is 5.69 Å². The second-order valence-corrected chi connectivity index (χ2v) is 5.03. The summed E-state index contributed by atoms with van der Waals surface area (Å²) in [6, 6.07) is 7.65. The highest BCUT2D eigenvalue weighted by Crippen LogP contribution is 2.24. The topological polar surface area (TPSA) is 60.5 Å². The van der Waals surface area contributed by atoms with Crippen molar-refractivity contribution in [3.63, 3.8) is 0 Å². The molecule has 2 aromatic rings. The lowest BCUT2D eigenvalue weighted by molar-refractivity contribution is -0.127. The van der Waals surface area contributed by atoms with Crippen LogP contribution >= 0.6 is 0 Å². The summed E-state index contributed by atoms with van der Waals surface area (Å²) in [5, 5.41) is 3.84. The first kappa shape index (κ1) is 16.4. The molecular formula is C17H22N2O3. The number of hydrogen-bond acceptors (Lipinski definition) is 4. The molecule has 5 nitrogen and oxygen atoms in total. The van der Waals surface area contributed by atoms with Gasteiger partial charge in [0.05, 0.1) is 24.4 Å². The largest absolute Gasteiger partial charge is 0.379 e. The molecule has 1 amide bonds. The van der Waals surface area contributed by atoms with Gasteiger partial charge in [-0.2, -0.15) is 0 Å². The van der Waals surface area contributed by atoms with Crippen LogP contribution < -0.4 is 5.32 Å². The fourth-order valence-corrected chi connectivity index (χ4v) is 2.16. The van der Waals surface area contributed by atoms with Gasteiger partial charge in [0.15, 0.2) is 0 Å². The number of anilines is 1. The lowest BCUT2D eigenvalue weighted by Gasteiger charge is -2.15. The minimum absolute atomic E-state index is 0.175. The van der Waals surface area contributed by atoms with Gasteiger partial charge in [-0.1, -0.05) is 6.07 Å². The molecule has 0 radical (unpaired) electrons. The van der Waals surface area contributed by atoms with E-state index in [2.05, 4.69) is 10.3 Å². The fraction of sp³-hybridized carbons (Fsp3) is 0.412. The van der Waals surface area contributed by atoms with Crippen LogP contribution in [0, 0.1) is 6.92 Å². The molecular weight excluding hydrogens is 280 g/mol. The molecule has 0 aliphatic carbocycles. The quantitative estimate of drug-likeness (QED) is 0.799. The van der Waals surface area contributed by atoms with Crippen molar-refractivity contribution < 1.29 is 14.3 Å². The Morgan fingerprint density at radius 2 is 2.14 bits per heavy atom. The van der Waals surface area contributed by atoms with Crippen molar-refractivity contribution in [2.24, 2.45) is 0 Å². The second-order valence-electron chi connectivity index (χ2n) is 5.03. The van der Waals surface area contributed by atoms with Crippen molar-refractivity contribution in [2.45, 2.75) is 26.9 Å². The van der Waals surface area contributed by atoms with Gasteiger partial charge in [-0.15, -0.1) is 0 Å². The number of aryl methyl sites for hydroxylation is 1. The number of hydrogen-bond donors (Lipinski definition) is 1. The first-order valence-electron chi connectivity index (χ1n) is 7.48. The number of benzene rings is 1. The molecule has 1 N–H and O–H groups in total. The number of nitrogens with one attached hydrogen (secondary N) is 1. The number of carbonyl (C=O) groups is 1. The van der Waals surface area contributed by atoms with E-state index in [1.54, 1.807) is 13.1 Å². The predicted octanol–water partition coefficient (Wildman–Crippen LogP) is 2.92. The molecule has 1 atom stereocenters. The molecule has 22 heavy (non-hydrogen) atoms. The van der Waals surface area contributed by atoms with E-state index >= 15 is 0 Å². The monoisotopic (exact) mass is 302 g/mol. The number of carbonyl (C=O) groups excluding carboxylic acids is 1. The highest BCUT2D eigenvalue weighted by atomic mass is 16.5. The minimum atomic E-state index is -0.534. The zero-order chi connectivity index (χ0) is 15.9. The van der Waals surface area contributed by atoms with Crippen molar-refractivity contribution in [1.82, 2.24) is 4.98 Å². The number of aromatic nitrogens is 1. The molecule has 0 aliphatic heterocycles. The van der Waals surface area contributed by atoms with Gasteiger partial charge in [0.2, 0.25) is 0 Å². The van der Waals surface area contributed by atoms with E-state index in [9.17, 15) is 4.79 Å². The van der Waals surface area contributed by atoms with Gasteiger partial charge in [-0.05, 0) is 44.5 Å². The van der Waals surface area contributed by atoms with E-state index in [-0.39, 0.29) is 5.91 Å². The van der Waals surface area contributed by atoms with Gasteiger partial charge in [0.25, 0.3) is 5.91 Å². The Morgan fingerprint density at radius 1 is 1.32 bits per heavy atom. The van der Waals surface area contributed by atoms with Gasteiger partial charge in [0.1, 0.15) is 6.10 Å². The van der Waals surface area contributed by atoms with Crippen molar-refractivity contribution in [2.75, 3.05) is 25.1 Å². The van der Waals surface area contributed by atoms with Crippen LogP contribution in [0.5, 0.6) is 0 Å². The smallest absolute Gasteiger partial charge is 0.253 e. The fourth-order valence-electron chi connectivity index (χ4n) is 2.16. The Kier molecular flexibility index (Phi) is 5.86. The Balaban J connectivity index is 2.04. The van der Waals surface area contributed by atoms with E-state index in [0.717, 1.165) is 22.2 Å². The predicted molar refractivity (Wildman–Crippen MR) is 87.0 cm³/mol. The summed E-state index contributed by atoms with van der Waals surface area (Å²) in [5.74, 6) is -0.175. The van der Waals surface area contributed by atoms with E-state index < -0.39 is 6.10 Å². The molecule has 0 aliphatic rings. The molecule has 1 unspecified atom stereocenters. The first-order valence-corrected chi connectivity index (χ1v) is 7.48. The second kappa shape index (κ2) is 7.87. The average molecular weight is 302 g/mol. The van der Waals surface area contributed by atoms with E-state index in [4.69, 9.17) is 9.47 Å². The zero-order valence-corrected chi connectivity index (χ0v) is 13.3. The maximum Gasteiger partial charge on any atom is 0.253 e. The van der Waals surface area contributed by atoms with Crippen LogP contribution in [0.25, 0.3) is 10.9 Å². The SMILES string of the molecule is CCOCCOC(C)C(=O)Nc1ccc(C)c2ncccc12. The van der Waals surface area contributed by atoms with Crippen molar-refractivity contribution in [3.8, 4) is 0 Å². The lowest BCUT2D eigenvalue weighted by atomic mass is 10.1. The number of pyridine rings is 1. The Labute approximate surface area is 130 Å². The summed E-state index contributed by atoms with van der Waals surface area (Å²) >= 11 is 0. The summed E-state index contributed by atoms with van der Waals surface area (Å²) in [7, 11) is 0. The van der Waals surface area contributed by atoms with Gasteiger partial charge >= 0.3 is 0 Å². The van der Waals surface area contributed by atoms with Crippen LogP contribution in [0.15, 0.2) is 30.5 Å². The molecule has 1 heterocycles. The van der Waals surface area contributed by atoms with E-state index in [0.29, 0.717) is 19.8 Å². The van der Waals surface area contributed by atoms with Crippen LogP contribution in [-0.4, -0.2) is 36.8 Å². The molecule has 118 valence electrons. The molecule has 0 spiro atoms. The average Bonchev–Trinajstić information content (AvgIpc) is 2.54. The molecule has 0 bridgehead atoms. The van der Waals surface area contributed by atoms with Crippen molar-refractivity contribution in [1.29, 1.82) is 0 Å². The van der Waals surface area contributed by atoms with Crippen LogP contribution in [-0.2, 0) is 14.3 Å². The normalized spacial score (nSPS) is 12.3. The standard InChI is InChI=1S/C17H22N2O3/c1-4-21-10-11-22-13(3)17(20)19-15-8-7-12(2)16-14(15)6-5-9-18-16/h5-9,13H,4,10-11H2,1-3H3,(H,19,20). The van der Waals surface area contributed by atoms with Gasteiger partial charge in [0, 0.05) is 18.2 Å². The van der Waals surface area contributed by atoms with E-state index in [1.807, 2.05) is 38.1 Å². The summed E-state index contributed by atoms with van der Waals surface area (Å²) < 4.78 is 10.6. The van der Waals surface area contributed by atoms with E-state index in [1.165, 1.54) is 0 Å². The molecule has 0 fully saturated rings. The van der Waals surface area contributed by atoms with Crippen LogP contribution in [0.2, 0.25) is 0 Å². The highest BCUT2D eigenvalue weighted by Gasteiger charge is 2.15. The highest BCUT2D eigenvalue weighted by molar-refractivity contribution is 6.03. The number of amides is 1. The first-order chi connectivity index (χ1) is 10.6. The third-order valence-corrected chi connectivity index (χ3v) is 3.40. The van der Waals surface area contributed by atoms with Crippen molar-refractivity contribution in [3.05, 3.63) is 36.0 Å². The van der Waals surface area contributed by atoms with Crippen molar-refractivity contribution >= 4 is 22.5 Å². The molecule has 5 heteroatoms. The summed E-state index contributed by atoms with van der Waals surface area (Å²) in [4.78, 5) is 16.6. The molecule has 2 rings (SSSR count). The summed E-state index contributed by atoms with van der Waals surface area (Å²) in [5.41, 5.74) is 2.72. The molecule has 1 aromatic carbocycles. The molecule has 1 aromatic heterocycles. The maximum atomic E-state index is 12.2. The number of nitrogens with zero attached hydrogens (tertiary/aromatic N) is 1. The van der Waals surface area contributed by atoms with Gasteiger partial charge < -0.3 is 14.8 Å². The molecule has 0 saturated heterocycles. The number of fused-ring (bicyclic) bond motifs is 1. The zero-order valence-electron chi connectivity index (χ0n) is 13.3. The Bertz CT molecular complexity index is 643. The van der Waals surface area contributed by atoms with Gasteiger partial charge in [-0.3, -0.25) is 9.78 Å². The maximum absolute atomic E-state index is 12.2. The molecule has 0 saturated carbocycles. The number of rotatable bonds is 7. The minimum Gasteiger partial charge on any atom is -0.379 e. The summed E-state index contributed by atoms with van der Waals surface area (Å²) in [6.07, 6.45) is 1.22.